The lowest BCUT2D eigenvalue weighted by Gasteiger charge is -2.10. The van der Waals surface area contributed by atoms with Gasteiger partial charge in [-0.2, -0.15) is 8.42 Å². The lowest BCUT2D eigenvalue weighted by molar-refractivity contribution is 0.0692. The number of nitrogens with two attached hydrogens (primary N) is 1. The van der Waals surface area contributed by atoms with Gasteiger partial charge in [0, 0.05) is 0 Å². The van der Waals surface area contributed by atoms with E-state index in [0.717, 1.165) is 23.9 Å². The third-order valence-electron chi connectivity index (χ3n) is 2.08. The summed E-state index contributed by atoms with van der Waals surface area (Å²) in [5.74, 6) is -2.27. The molecule has 1 unspecified atom stereocenters. The van der Waals surface area contributed by atoms with Crippen LogP contribution in [0.3, 0.4) is 0 Å². The van der Waals surface area contributed by atoms with Crippen molar-refractivity contribution in [2.45, 2.75) is 4.71 Å². The molecule has 0 aliphatic rings. The monoisotopic (exact) mass is 305 g/mol. The zero-order chi connectivity index (χ0) is 14.6. The predicted octanol–water partition coefficient (Wildman–Crippen LogP) is 0.477. The molecule has 1 atom stereocenters. The van der Waals surface area contributed by atoms with E-state index >= 15 is 0 Å². The van der Waals surface area contributed by atoms with E-state index in [1.807, 2.05) is 0 Å². The minimum Gasteiger partial charge on any atom is -0.478 e. The maximum atomic E-state index is 11.5. The Bertz CT molecular complexity index is 581. The lowest BCUT2D eigenvalue weighted by atomic mass is 10.1. The largest absolute Gasteiger partial charge is 0.478 e. The van der Waals surface area contributed by atoms with Crippen molar-refractivity contribution in [2.75, 3.05) is 6.26 Å². The lowest BCUT2D eigenvalue weighted by Crippen LogP contribution is -2.30. The Morgan fingerprint density at radius 1 is 1.26 bits per heavy atom. The summed E-state index contributed by atoms with van der Waals surface area (Å²) in [7, 11) is -4.21. The number of carboxylic acid groups (broad SMARTS) is 1. The average Bonchev–Trinajstić information content (AvgIpc) is 2.37. The molecule has 0 fully saturated rings. The van der Waals surface area contributed by atoms with E-state index in [2.05, 4.69) is 4.18 Å². The number of carboxylic acids is 1. The van der Waals surface area contributed by atoms with Crippen molar-refractivity contribution in [1.82, 2.24) is 0 Å². The van der Waals surface area contributed by atoms with Gasteiger partial charge in [-0.15, -0.1) is 11.8 Å². The van der Waals surface area contributed by atoms with E-state index in [-0.39, 0.29) is 11.1 Å². The van der Waals surface area contributed by atoms with Crippen molar-refractivity contribution in [2.24, 2.45) is 5.73 Å². The number of benzene rings is 1. The van der Waals surface area contributed by atoms with E-state index in [1.165, 1.54) is 18.4 Å². The van der Waals surface area contributed by atoms with Gasteiger partial charge >= 0.3 is 22.1 Å². The molecule has 0 bridgehead atoms. The van der Waals surface area contributed by atoms with Gasteiger partial charge in [-0.3, -0.25) is 0 Å². The predicted molar refractivity (Wildman–Crippen MR) is 69.2 cm³/mol. The van der Waals surface area contributed by atoms with Crippen LogP contribution in [0.5, 0.6) is 0 Å². The SMILES string of the molecule is CSC(N)S(=O)(=O)OC(=O)c1ccc(C(=O)O)cc1. The minimum absolute atomic E-state index is 0.0276. The second kappa shape index (κ2) is 6.04. The summed E-state index contributed by atoms with van der Waals surface area (Å²) in [5, 5.41) is 8.67. The van der Waals surface area contributed by atoms with E-state index < -0.39 is 26.8 Å². The fourth-order valence-electron chi connectivity index (χ4n) is 1.07. The molecular weight excluding hydrogens is 294 g/mol. The highest BCUT2D eigenvalue weighted by molar-refractivity contribution is 8.11. The van der Waals surface area contributed by atoms with Crippen molar-refractivity contribution in [3.05, 3.63) is 35.4 Å². The first-order valence-corrected chi connectivity index (χ1v) is 7.63. The Hall–Kier alpha value is -1.58. The Labute approximate surface area is 113 Å². The first-order chi connectivity index (χ1) is 8.77. The standard InChI is InChI=1S/C10H11NO6S2/c1-18-10(11)19(15,16)17-9(14)7-4-2-6(3-5-7)8(12)13/h2-5,10H,11H2,1H3,(H,12,13). The minimum atomic E-state index is -4.21. The van der Waals surface area contributed by atoms with Crippen LogP contribution in [0.1, 0.15) is 20.7 Å². The van der Waals surface area contributed by atoms with Crippen molar-refractivity contribution in [3.63, 3.8) is 0 Å². The van der Waals surface area contributed by atoms with Crippen molar-refractivity contribution >= 4 is 33.8 Å². The maximum Gasteiger partial charge on any atom is 0.353 e. The van der Waals surface area contributed by atoms with Crippen molar-refractivity contribution in [1.29, 1.82) is 0 Å². The van der Waals surface area contributed by atoms with E-state index in [4.69, 9.17) is 10.8 Å². The molecule has 1 rings (SSSR count). The van der Waals surface area contributed by atoms with Crippen LogP contribution in [0.15, 0.2) is 24.3 Å². The van der Waals surface area contributed by atoms with Crippen LogP contribution in [0.4, 0.5) is 0 Å². The normalized spacial score (nSPS) is 12.7. The Morgan fingerprint density at radius 3 is 2.16 bits per heavy atom. The Morgan fingerprint density at radius 2 is 1.74 bits per heavy atom. The summed E-state index contributed by atoms with van der Waals surface area (Å²) in [6, 6.07) is 4.65. The maximum absolute atomic E-state index is 11.5. The van der Waals surface area contributed by atoms with Crippen LogP contribution in [-0.2, 0) is 14.3 Å². The molecule has 19 heavy (non-hydrogen) atoms. The summed E-state index contributed by atoms with van der Waals surface area (Å²) < 4.78 is 25.8. The molecule has 0 heterocycles. The number of hydrogen-bond donors (Lipinski definition) is 2. The van der Waals surface area contributed by atoms with Crippen molar-refractivity contribution < 1.29 is 27.3 Å². The molecule has 0 saturated carbocycles. The summed E-state index contributed by atoms with van der Waals surface area (Å²) in [5.41, 5.74) is 5.15. The number of carbonyl (C=O) groups excluding carboxylic acids is 1. The van der Waals surface area contributed by atoms with E-state index in [0.29, 0.717) is 0 Å². The van der Waals surface area contributed by atoms with Gasteiger partial charge in [-0.05, 0) is 30.5 Å². The molecule has 1 aromatic carbocycles. The third kappa shape index (κ3) is 3.94. The molecule has 0 spiro atoms. The van der Waals surface area contributed by atoms with Crippen LogP contribution in [-0.4, -0.2) is 36.4 Å². The smallest absolute Gasteiger partial charge is 0.353 e. The highest BCUT2D eigenvalue weighted by atomic mass is 32.3. The molecule has 104 valence electrons. The van der Waals surface area contributed by atoms with Crippen LogP contribution in [0.2, 0.25) is 0 Å². The van der Waals surface area contributed by atoms with Gasteiger partial charge in [-0.25, -0.2) is 9.59 Å². The van der Waals surface area contributed by atoms with Crippen LogP contribution in [0, 0.1) is 0 Å². The topological polar surface area (TPSA) is 124 Å². The van der Waals surface area contributed by atoms with Crippen molar-refractivity contribution in [3.8, 4) is 0 Å². The highest BCUT2D eigenvalue weighted by Crippen LogP contribution is 2.13. The first kappa shape index (κ1) is 15.5. The van der Waals surface area contributed by atoms with Gasteiger partial charge in [0.25, 0.3) is 0 Å². The highest BCUT2D eigenvalue weighted by Gasteiger charge is 2.26. The van der Waals surface area contributed by atoms with E-state index in [9.17, 15) is 18.0 Å². The van der Waals surface area contributed by atoms with E-state index in [1.54, 1.807) is 0 Å². The van der Waals surface area contributed by atoms with Gasteiger partial charge in [0.05, 0.1) is 11.1 Å². The first-order valence-electron chi connectivity index (χ1n) is 4.87. The third-order valence-corrected chi connectivity index (χ3v) is 4.78. The van der Waals surface area contributed by atoms with Gasteiger partial charge < -0.3 is 15.0 Å². The molecule has 0 aliphatic carbocycles. The second-order valence-electron chi connectivity index (χ2n) is 3.35. The number of thioether (sulfide) groups is 1. The fourth-order valence-corrected chi connectivity index (χ4v) is 2.53. The summed E-state index contributed by atoms with van der Waals surface area (Å²) in [4.78, 5) is 22.2. The quantitative estimate of drug-likeness (QED) is 0.594. The number of carbonyl (C=O) groups is 2. The van der Waals surface area contributed by atoms with Crippen LogP contribution < -0.4 is 5.73 Å². The zero-order valence-corrected chi connectivity index (χ0v) is 11.4. The molecule has 9 heteroatoms. The fraction of sp³-hybridized carbons (Fsp3) is 0.200. The van der Waals surface area contributed by atoms with Gasteiger partial charge in [0.1, 0.15) is 0 Å². The molecule has 0 aliphatic heterocycles. The number of hydrogen-bond acceptors (Lipinski definition) is 7. The second-order valence-corrected chi connectivity index (χ2v) is 6.29. The molecule has 0 radical (unpaired) electrons. The van der Waals surface area contributed by atoms with Gasteiger partial charge in [-0.1, -0.05) is 0 Å². The summed E-state index contributed by atoms with van der Waals surface area (Å²) >= 11 is 0.810. The van der Waals surface area contributed by atoms with Gasteiger partial charge in [0.15, 0.2) is 4.71 Å². The molecule has 3 N–H and O–H groups in total. The molecule has 0 amide bonds. The number of aromatic carboxylic acids is 1. The van der Waals surface area contributed by atoms with Crippen LogP contribution >= 0.6 is 11.8 Å². The van der Waals surface area contributed by atoms with Gasteiger partial charge in [0.2, 0.25) is 0 Å². The summed E-state index contributed by atoms with van der Waals surface area (Å²) in [6.07, 6.45) is 1.46. The van der Waals surface area contributed by atoms with Crippen LogP contribution in [0.25, 0.3) is 0 Å². The summed E-state index contributed by atoms with van der Waals surface area (Å²) in [6.45, 7) is 0. The number of rotatable bonds is 5. The zero-order valence-electron chi connectivity index (χ0n) is 9.77. The average molecular weight is 305 g/mol. The molecule has 0 saturated heterocycles. The molecule has 7 nitrogen and oxygen atoms in total. The Kier molecular flexibility index (Phi) is 4.92. The molecule has 0 aromatic heterocycles. The Balaban J connectivity index is 2.87. The molecule has 1 aromatic rings. The molecular formula is C10H11NO6S2.